The Morgan fingerprint density at radius 3 is 2.66 bits per heavy atom. The molecular weight excluding hydrogens is 366 g/mol. The van der Waals surface area contributed by atoms with Crippen LogP contribution in [0.15, 0.2) is 30.3 Å². The van der Waals surface area contributed by atoms with Crippen LogP contribution in [0.2, 0.25) is 0 Å². The summed E-state index contributed by atoms with van der Waals surface area (Å²) >= 11 is 0. The Morgan fingerprint density at radius 2 is 1.97 bits per heavy atom. The van der Waals surface area contributed by atoms with E-state index in [-0.39, 0.29) is 12.0 Å². The van der Waals surface area contributed by atoms with E-state index in [1.807, 2.05) is 11.0 Å². The summed E-state index contributed by atoms with van der Waals surface area (Å²) in [7, 11) is 0. The number of hydrogen-bond donors (Lipinski definition) is 1. The van der Waals surface area contributed by atoms with E-state index in [0.29, 0.717) is 24.6 Å². The number of nitrogens with zero attached hydrogens (tertiary/aromatic N) is 4. The van der Waals surface area contributed by atoms with Crippen molar-refractivity contribution in [1.82, 2.24) is 15.1 Å². The average Bonchev–Trinajstić information content (AvgIpc) is 3.28. The quantitative estimate of drug-likeness (QED) is 0.839. The number of ether oxygens (including phenoxy) is 1. The molecule has 2 fully saturated rings. The third-order valence-corrected chi connectivity index (χ3v) is 5.90. The minimum atomic E-state index is -0.0520. The average molecular weight is 396 g/mol. The maximum Gasteiger partial charge on any atom is 0.274 e. The van der Waals surface area contributed by atoms with Crippen molar-refractivity contribution in [2.45, 2.75) is 32.8 Å². The molecule has 2 aromatic rings. The maximum atomic E-state index is 12.8. The highest BCUT2D eigenvalue weighted by Crippen LogP contribution is 2.24. The summed E-state index contributed by atoms with van der Waals surface area (Å²) in [6.07, 6.45) is 2.43. The number of benzene rings is 1. The molecule has 7 nitrogen and oxygen atoms in total. The summed E-state index contributed by atoms with van der Waals surface area (Å²) in [5, 5.41) is 11.5. The van der Waals surface area contributed by atoms with Crippen molar-refractivity contribution < 1.29 is 9.53 Å². The van der Waals surface area contributed by atoms with Crippen molar-refractivity contribution in [3.63, 3.8) is 0 Å². The molecule has 2 saturated heterocycles. The molecule has 2 aliphatic rings. The molecule has 0 aliphatic carbocycles. The van der Waals surface area contributed by atoms with Gasteiger partial charge in [0.1, 0.15) is 5.82 Å². The number of hydrogen-bond acceptors (Lipinski definition) is 6. The molecule has 1 aromatic heterocycles. The molecule has 1 unspecified atom stereocenters. The normalized spacial score (nSPS) is 19.4. The molecular formula is C22H29N5O2. The molecule has 1 aromatic carbocycles. The van der Waals surface area contributed by atoms with Gasteiger partial charge in [0.2, 0.25) is 0 Å². The number of carbonyl (C=O) groups is 1. The molecule has 1 atom stereocenters. The van der Waals surface area contributed by atoms with E-state index >= 15 is 0 Å². The largest absolute Gasteiger partial charge is 0.376 e. The van der Waals surface area contributed by atoms with Gasteiger partial charge in [-0.1, -0.05) is 12.1 Å². The van der Waals surface area contributed by atoms with E-state index in [1.165, 1.54) is 16.8 Å². The SMILES string of the molecule is Cc1cccc(N2CCN(C(=O)c3ccc(NCC4CCCO4)nn3)CC2)c1C. The molecule has 0 saturated carbocycles. The first kappa shape index (κ1) is 19.6. The van der Waals surface area contributed by atoms with Crippen LogP contribution in [-0.4, -0.2) is 66.4 Å². The fourth-order valence-corrected chi connectivity index (χ4v) is 3.95. The number of carbonyl (C=O) groups excluding carboxylic acids is 1. The lowest BCUT2D eigenvalue weighted by Gasteiger charge is -2.36. The van der Waals surface area contributed by atoms with E-state index in [2.05, 4.69) is 52.5 Å². The van der Waals surface area contributed by atoms with Gasteiger partial charge in [-0.25, -0.2) is 0 Å². The maximum absolute atomic E-state index is 12.8. The second-order valence-electron chi connectivity index (χ2n) is 7.82. The molecule has 7 heteroatoms. The highest BCUT2D eigenvalue weighted by Gasteiger charge is 2.24. The Hall–Kier alpha value is -2.67. The lowest BCUT2D eigenvalue weighted by molar-refractivity contribution is 0.0739. The van der Waals surface area contributed by atoms with Crippen LogP contribution < -0.4 is 10.2 Å². The number of aromatic nitrogens is 2. The molecule has 3 heterocycles. The number of amides is 1. The first-order valence-corrected chi connectivity index (χ1v) is 10.4. The fraction of sp³-hybridized carbons (Fsp3) is 0.500. The molecule has 4 rings (SSSR count). The van der Waals surface area contributed by atoms with Gasteiger partial charge in [0.25, 0.3) is 5.91 Å². The summed E-state index contributed by atoms with van der Waals surface area (Å²) in [5.41, 5.74) is 4.26. The summed E-state index contributed by atoms with van der Waals surface area (Å²) in [5.74, 6) is 0.626. The Bertz CT molecular complexity index is 841. The van der Waals surface area contributed by atoms with Crippen LogP contribution >= 0.6 is 0 Å². The van der Waals surface area contributed by atoms with Crippen molar-refractivity contribution in [3.05, 3.63) is 47.2 Å². The zero-order chi connectivity index (χ0) is 20.2. The zero-order valence-corrected chi connectivity index (χ0v) is 17.2. The van der Waals surface area contributed by atoms with Crippen molar-refractivity contribution >= 4 is 17.4 Å². The van der Waals surface area contributed by atoms with Gasteiger partial charge in [-0.05, 0) is 56.0 Å². The molecule has 29 heavy (non-hydrogen) atoms. The number of nitrogens with one attached hydrogen (secondary N) is 1. The smallest absolute Gasteiger partial charge is 0.274 e. The standard InChI is InChI=1S/C22H29N5O2/c1-16-5-3-7-20(17(16)2)26-10-12-27(13-11-26)22(28)19-8-9-21(25-24-19)23-15-18-6-4-14-29-18/h3,5,7-9,18H,4,6,10-15H2,1-2H3,(H,23,25). The second kappa shape index (κ2) is 8.78. The molecule has 0 bridgehead atoms. The Morgan fingerprint density at radius 1 is 1.14 bits per heavy atom. The Kier molecular flexibility index (Phi) is 5.94. The summed E-state index contributed by atoms with van der Waals surface area (Å²) in [4.78, 5) is 17.0. The topological polar surface area (TPSA) is 70.6 Å². The van der Waals surface area contributed by atoms with Gasteiger partial charge in [0.15, 0.2) is 5.69 Å². The summed E-state index contributed by atoms with van der Waals surface area (Å²) < 4.78 is 5.59. The van der Waals surface area contributed by atoms with Gasteiger partial charge in [-0.3, -0.25) is 4.79 Å². The van der Waals surface area contributed by atoms with Gasteiger partial charge in [0, 0.05) is 45.0 Å². The summed E-state index contributed by atoms with van der Waals surface area (Å²) in [6.45, 7) is 8.88. The van der Waals surface area contributed by atoms with Gasteiger partial charge in [-0.15, -0.1) is 10.2 Å². The van der Waals surface area contributed by atoms with Crippen molar-refractivity contribution in [2.24, 2.45) is 0 Å². The van der Waals surface area contributed by atoms with Crippen LogP contribution in [0.3, 0.4) is 0 Å². The molecule has 2 aliphatic heterocycles. The van der Waals surface area contributed by atoms with Crippen molar-refractivity contribution in [2.75, 3.05) is 49.5 Å². The van der Waals surface area contributed by atoms with E-state index in [1.54, 1.807) is 6.07 Å². The third-order valence-electron chi connectivity index (χ3n) is 5.90. The van der Waals surface area contributed by atoms with Crippen LogP contribution in [0.1, 0.15) is 34.5 Å². The van der Waals surface area contributed by atoms with Gasteiger partial charge < -0.3 is 19.9 Å². The van der Waals surface area contributed by atoms with Gasteiger partial charge in [0.05, 0.1) is 6.10 Å². The highest BCUT2D eigenvalue weighted by atomic mass is 16.5. The number of anilines is 2. The van der Waals surface area contributed by atoms with Crippen LogP contribution in [0.4, 0.5) is 11.5 Å². The van der Waals surface area contributed by atoms with Crippen molar-refractivity contribution in [1.29, 1.82) is 0 Å². The first-order chi connectivity index (χ1) is 14.1. The lowest BCUT2D eigenvalue weighted by atomic mass is 10.1. The van der Waals surface area contributed by atoms with E-state index < -0.39 is 0 Å². The molecule has 1 N–H and O–H groups in total. The minimum absolute atomic E-state index is 0.0520. The van der Waals surface area contributed by atoms with Gasteiger partial charge in [-0.2, -0.15) is 0 Å². The fourth-order valence-electron chi connectivity index (χ4n) is 3.95. The Labute approximate surface area is 172 Å². The van der Waals surface area contributed by atoms with Crippen molar-refractivity contribution in [3.8, 4) is 0 Å². The Balaban J connectivity index is 1.31. The van der Waals surface area contributed by atoms with Crippen LogP contribution in [-0.2, 0) is 4.74 Å². The number of rotatable bonds is 5. The van der Waals surface area contributed by atoms with E-state index in [9.17, 15) is 4.79 Å². The molecule has 0 radical (unpaired) electrons. The van der Waals surface area contributed by atoms with Crippen LogP contribution in [0.25, 0.3) is 0 Å². The minimum Gasteiger partial charge on any atom is -0.376 e. The summed E-state index contributed by atoms with van der Waals surface area (Å²) in [6, 6.07) is 9.97. The third kappa shape index (κ3) is 4.50. The predicted molar refractivity (Wildman–Crippen MR) is 114 cm³/mol. The number of aryl methyl sites for hydroxylation is 1. The first-order valence-electron chi connectivity index (χ1n) is 10.4. The number of piperazine rings is 1. The molecule has 0 spiro atoms. The zero-order valence-electron chi connectivity index (χ0n) is 17.2. The molecule has 154 valence electrons. The van der Waals surface area contributed by atoms with Gasteiger partial charge >= 0.3 is 0 Å². The van der Waals surface area contributed by atoms with Crippen LogP contribution in [0.5, 0.6) is 0 Å². The molecule has 1 amide bonds. The lowest BCUT2D eigenvalue weighted by Crippen LogP contribution is -2.49. The predicted octanol–water partition coefficient (Wildman–Crippen LogP) is 2.65. The van der Waals surface area contributed by atoms with Crippen LogP contribution in [0, 0.1) is 13.8 Å². The monoisotopic (exact) mass is 395 g/mol. The van der Waals surface area contributed by atoms with E-state index in [0.717, 1.165) is 39.1 Å². The van der Waals surface area contributed by atoms with E-state index in [4.69, 9.17) is 4.74 Å². The second-order valence-corrected chi connectivity index (χ2v) is 7.82. The highest BCUT2D eigenvalue weighted by molar-refractivity contribution is 5.92.